The van der Waals surface area contributed by atoms with Crippen molar-refractivity contribution in [1.82, 2.24) is 4.31 Å². The number of rotatable bonds is 6. The number of sulfone groups is 1. The van der Waals surface area contributed by atoms with E-state index in [4.69, 9.17) is 4.74 Å². The Morgan fingerprint density at radius 1 is 1.36 bits per heavy atom. The third kappa shape index (κ3) is 4.71. The fraction of sp³-hybridized carbons (Fsp3) is 0.533. The Labute approximate surface area is 148 Å². The first kappa shape index (κ1) is 19.7. The molecule has 0 bridgehead atoms. The highest BCUT2D eigenvalue weighted by atomic mass is 32.2. The van der Waals surface area contributed by atoms with Crippen LogP contribution in [-0.4, -0.2) is 59.8 Å². The van der Waals surface area contributed by atoms with E-state index in [-0.39, 0.29) is 40.4 Å². The van der Waals surface area contributed by atoms with Crippen LogP contribution in [-0.2, 0) is 24.7 Å². The molecule has 1 atom stereocenters. The van der Waals surface area contributed by atoms with Gasteiger partial charge in [-0.25, -0.2) is 21.1 Å². The average molecular weight is 390 g/mol. The molecule has 1 aromatic rings. The van der Waals surface area contributed by atoms with Gasteiger partial charge in [0.1, 0.15) is 10.6 Å². The molecule has 0 aliphatic carbocycles. The van der Waals surface area contributed by atoms with Crippen LogP contribution in [0.5, 0.6) is 5.75 Å². The van der Waals surface area contributed by atoms with Crippen molar-refractivity contribution in [3.63, 3.8) is 0 Å². The molecule has 1 aromatic carbocycles. The van der Waals surface area contributed by atoms with Crippen LogP contribution in [0.25, 0.3) is 0 Å². The van der Waals surface area contributed by atoms with E-state index in [1.807, 2.05) is 0 Å². The SMILES string of the molecule is COc1ccc(NC(=O)C[C@H]2CCS(=O)(=O)C2)cc1S(=O)(=O)N(C)C. The summed E-state index contributed by atoms with van der Waals surface area (Å²) in [7, 11) is -2.61. The van der Waals surface area contributed by atoms with Gasteiger partial charge in [-0.2, -0.15) is 0 Å². The summed E-state index contributed by atoms with van der Waals surface area (Å²) in [5, 5.41) is 2.63. The summed E-state index contributed by atoms with van der Waals surface area (Å²) in [6.07, 6.45) is 0.555. The van der Waals surface area contributed by atoms with Crippen molar-refractivity contribution in [3.8, 4) is 5.75 Å². The topological polar surface area (TPSA) is 110 Å². The van der Waals surface area contributed by atoms with Crippen LogP contribution in [0.4, 0.5) is 5.69 Å². The van der Waals surface area contributed by atoms with Gasteiger partial charge in [-0.15, -0.1) is 0 Å². The molecular weight excluding hydrogens is 368 g/mol. The van der Waals surface area contributed by atoms with Crippen LogP contribution in [0.3, 0.4) is 0 Å². The van der Waals surface area contributed by atoms with Gasteiger partial charge in [-0.1, -0.05) is 0 Å². The Bertz CT molecular complexity index is 862. The number of anilines is 1. The largest absolute Gasteiger partial charge is 0.495 e. The summed E-state index contributed by atoms with van der Waals surface area (Å²) >= 11 is 0. The lowest BCUT2D eigenvalue weighted by Crippen LogP contribution is -2.23. The number of methoxy groups -OCH3 is 1. The standard InChI is InChI=1S/C15H22N2O6S2/c1-17(2)25(21,22)14-9-12(4-5-13(14)23-3)16-15(18)8-11-6-7-24(19,20)10-11/h4-5,9,11H,6-8,10H2,1-3H3,(H,16,18)/t11-/m1/s1. The number of nitrogens with zero attached hydrogens (tertiary/aromatic N) is 1. The minimum Gasteiger partial charge on any atom is -0.495 e. The first-order valence-electron chi connectivity index (χ1n) is 7.66. The molecule has 1 amide bonds. The Balaban J connectivity index is 2.16. The minimum absolute atomic E-state index is 0.0172. The number of sulfonamides is 1. The molecular formula is C15H22N2O6S2. The quantitative estimate of drug-likeness (QED) is 0.766. The Morgan fingerprint density at radius 2 is 2.04 bits per heavy atom. The van der Waals surface area contributed by atoms with Crippen LogP contribution in [0.1, 0.15) is 12.8 Å². The normalized spacial score (nSPS) is 19.8. The number of hydrogen-bond donors (Lipinski definition) is 1. The number of carbonyl (C=O) groups is 1. The zero-order chi connectivity index (χ0) is 18.8. The van der Waals surface area contributed by atoms with E-state index in [0.717, 1.165) is 4.31 Å². The van der Waals surface area contributed by atoms with Gasteiger partial charge in [0, 0.05) is 26.2 Å². The summed E-state index contributed by atoms with van der Waals surface area (Å²) in [5.74, 6) is -0.246. The number of benzene rings is 1. The van der Waals surface area contributed by atoms with Gasteiger partial charge in [0.15, 0.2) is 9.84 Å². The molecule has 1 aliphatic rings. The van der Waals surface area contributed by atoms with E-state index in [1.165, 1.54) is 39.4 Å². The molecule has 1 N–H and O–H groups in total. The third-order valence-corrected chi connectivity index (χ3v) is 7.68. The van der Waals surface area contributed by atoms with Crippen LogP contribution in [0, 0.1) is 5.92 Å². The molecule has 140 valence electrons. The van der Waals surface area contributed by atoms with Gasteiger partial charge in [-0.05, 0) is 30.5 Å². The molecule has 1 aliphatic heterocycles. The summed E-state index contributed by atoms with van der Waals surface area (Å²) in [6, 6.07) is 4.33. The zero-order valence-electron chi connectivity index (χ0n) is 14.4. The van der Waals surface area contributed by atoms with Crippen molar-refractivity contribution in [2.45, 2.75) is 17.7 Å². The second kappa shape index (κ2) is 7.30. The molecule has 1 heterocycles. The molecule has 0 unspecified atom stereocenters. The van der Waals surface area contributed by atoms with Gasteiger partial charge < -0.3 is 10.1 Å². The van der Waals surface area contributed by atoms with E-state index in [1.54, 1.807) is 0 Å². The molecule has 0 radical (unpaired) electrons. The van der Waals surface area contributed by atoms with Crippen LogP contribution in [0.15, 0.2) is 23.1 Å². The number of ether oxygens (including phenoxy) is 1. The van der Waals surface area contributed by atoms with E-state index < -0.39 is 19.9 Å². The van der Waals surface area contributed by atoms with E-state index in [9.17, 15) is 21.6 Å². The molecule has 0 spiro atoms. The van der Waals surface area contributed by atoms with Gasteiger partial charge in [0.25, 0.3) is 0 Å². The van der Waals surface area contributed by atoms with Crippen LogP contribution in [0.2, 0.25) is 0 Å². The number of carbonyl (C=O) groups excluding carboxylic acids is 1. The molecule has 1 saturated heterocycles. The maximum atomic E-state index is 12.4. The molecule has 1 fully saturated rings. The summed E-state index contributed by atoms with van der Waals surface area (Å²) in [4.78, 5) is 12.1. The van der Waals surface area contributed by atoms with Crippen LogP contribution >= 0.6 is 0 Å². The van der Waals surface area contributed by atoms with Crippen molar-refractivity contribution in [3.05, 3.63) is 18.2 Å². The molecule has 25 heavy (non-hydrogen) atoms. The highest BCUT2D eigenvalue weighted by molar-refractivity contribution is 7.91. The minimum atomic E-state index is -3.74. The first-order chi connectivity index (χ1) is 11.5. The highest BCUT2D eigenvalue weighted by Gasteiger charge is 2.29. The van der Waals surface area contributed by atoms with Crippen molar-refractivity contribution in [2.24, 2.45) is 5.92 Å². The summed E-state index contributed by atoms with van der Waals surface area (Å²) in [6.45, 7) is 0. The zero-order valence-corrected chi connectivity index (χ0v) is 16.0. The molecule has 10 heteroatoms. The van der Waals surface area contributed by atoms with E-state index >= 15 is 0 Å². The second-order valence-corrected chi connectivity index (χ2v) is 10.5. The van der Waals surface area contributed by atoms with Crippen molar-refractivity contribution in [1.29, 1.82) is 0 Å². The Hall–Kier alpha value is -1.65. The van der Waals surface area contributed by atoms with Gasteiger partial charge in [0.05, 0.1) is 18.6 Å². The van der Waals surface area contributed by atoms with Gasteiger partial charge in [-0.3, -0.25) is 4.79 Å². The predicted molar refractivity (Wildman–Crippen MR) is 93.9 cm³/mol. The van der Waals surface area contributed by atoms with Crippen molar-refractivity contribution in [2.75, 3.05) is 38.0 Å². The lowest BCUT2D eigenvalue weighted by molar-refractivity contribution is -0.116. The average Bonchev–Trinajstić information content (AvgIpc) is 2.85. The van der Waals surface area contributed by atoms with Gasteiger partial charge in [0.2, 0.25) is 15.9 Å². The van der Waals surface area contributed by atoms with Gasteiger partial charge >= 0.3 is 0 Å². The monoisotopic (exact) mass is 390 g/mol. The number of amides is 1. The first-order valence-corrected chi connectivity index (χ1v) is 10.9. The van der Waals surface area contributed by atoms with Crippen molar-refractivity contribution < 1.29 is 26.4 Å². The molecule has 0 saturated carbocycles. The highest BCUT2D eigenvalue weighted by Crippen LogP contribution is 2.29. The second-order valence-electron chi connectivity index (χ2n) is 6.17. The molecule has 2 rings (SSSR count). The fourth-order valence-electron chi connectivity index (χ4n) is 2.66. The smallest absolute Gasteiger partial charge is 0.246 e. The molecule has 0 aromatic heterocycles. The molecule has 8 nitrogen and oxygen atoms in total. The Kier molecular flexibility index (Phi) is 5.75. The van der Waals surface area contributed by atoms with E-state index in [2.05, 4.69) is 5.32 Å². The summed E-state index contributed by atoms with van der Waals surface area (Å²) < 4.78 is 53.8. The lowest BCUT2D eigenvalue weighted by atomic mass is 10.1. The lowest BCUT2D eigenvalue weighted by Gasteiger charge is -2.16. The Morgan fingerprint density at radius 3 is 2.56 bits per heavy atom. The summed E-state index contributed by atoms with van der Waals surface area (Å²) in [5.41, 5.74) is 0.312. The fourth-order valence-corrected chi connectivity index (χ4v) is 5.60. The maximum Gasteiger partial charge on any atom is 0.246 e. The van der Waals surface area contributed by atoms with E-state index in [0.29, 0.717) is 12.1 Å². The number of nitrogens with one attached hydrogen (secondary N) is 1. The third-order valence-electron chi connectivity index (χ3n) is 4.01. The van der Waals surface area contributed by atoms with Crippen molar-refractivity contribution >= 4 is 31.5 Å². The maximum absolute atomic E-state index is 12.4. The predicted octanol–water partition coefficient (Wildman–Crippen LogP) is 0.709. The van der Waals surface area contributed by atoms with Crippen LogP contribution < -0.4 is 10.1 Å². The number of hydrogen-bond acceptors (Lipinski definition) is 6.